The predicted octanol–water partition coefficient (Wildman–Crippen LogP) is 5.23. The maximum Gasteiger partial charge on any atom is 0.126 e. The third kappa shape index (κ3) is 3.36. The lowest BCUT2D eigenvalue weighted by Gasteiger charge is -2.13. The zero-order chi connectivity index (χ0) is 13.0. The minimum Gasteiger partial charge on any atom is -0.488 e. The largest absolute Gasteiger partial charge is 0.488 e. The number of aryl methyl sites for hydroxylation is 1. The minimum absolute atomic E-state index is 0.595. The number of ether oxygens (including phenoxy) is 1. The second kappa shape index (κ2) is 6.39. The Morgan fingerprint density at radius 2 is 1.78 bits per heavy atom. The SMILES string of the molecule is Cc1cccc(CBr)c1OCc1ccc(Br)cc1. The second-order valence-electron chi connectivity index (χ2n) is 4.11. The van der Waals surface area contributed by atoms with E-state index < -0.39 is 0 Å². The topological polar surface area (TPSA) is 9.23 Å². The number of hydrogen-bond donors (Lipinski definition) is 0. The summed E-state index contributed by atoms with van der Waals surface area (Å²) in [5.74, 6) is 0.984. The predicted molar refractivity (Wildman–Crippen MR) is 82.3 cm³/mol. The van der Waals surface area contributed by atoms with E-state index >= 15 is 0 Å². The van der Waals surface area contributed by atoms with Gasteiger partial charge >= 0.3 is 0 Å². The number of para-hydroxylation sites is 1. The van der Waals surface area contributed by atoms with Crippen molar-refractivity contribution in [1.29, 1.82) is 0 Å². The van der Waals surface area contributed by atoms with Gasteiger partial charge in [0.05, 0.1) is 0 Å². The van der Waals surface area contributed by atoms with Crippen LogP contribution in [0.1, 0.15) is 16.7 Å². The van der Waals surface area contributed by atoms with Crippen LogP contribution >= 0.6 is 31.9 Å². The number of hydrogen-bond acceptors (Lipinski definition) is 1. The summed E-state index contributed by atoms with van der Waals surface area (Å²) in [5.41, 5.74) is 3.53. The molecular weight excluding hydrogens is 356 g/mol. The van der Waals surface area contributed by atoms with E-state index in [1.54, 1.807) is 0 Å². The third-order valence-electron chi connectivity index (χ3n) is 2.73. The van der Waals surface area contributed by atoms with E-state index in [4.69, 9.17) is 4.74 Å². The lowest BCUT2D eigenvalue weighted by atomic mass is 10.1. The molecule has 0 spiro atoms. The Bertz CT molecular complexity index is 521. The second-order valence-corrected chi connectivity index (χ2v) is 5.59. The Balaban J connectivity index is 2.12. The maximum absolute atomic E-state index is 5.94. The molecule has 0 N–H and O–H groups in total. The van der Waals surface area contributed by atoms with Crippen LogP contribution in [0.15, 0.2) is 46.9 Å². The van der Waals surface area contributed by atoms with Crippen LogP contribution in [0.2, 0.25) is 0 Å². The van der Waals surface area contributed by atoms with Gasteiger partial charge in [-0.3, -0.25) is 0 Å². The molecule has 0 aromatic heterocycles. The van der Waals surface area contributed by atoms with E-state index in [2.05, 4.69) is 69.1 Å². The molecule has 0 radical (unpaired) electrons. The Kier molecular flexibility index (Phi) is 4.84. The lowest BCUT2D eigenvalue weighted by Crippen LogP contribution is -1.99. The van der Waals surface area contributed by atoms with Gasteiger partial charge in [-0.15, -0.1) is 0 Å². The molecule has 0 amide bonds. The first kappa shape index (κ1) is 13.6. The molecule has 1 nitrogen and oxygen atoms in total. The fraction of sp³-hybridized carbons (Fsp3) is 0.200. The Morgan fingerprint density at radius 3 is 2.44 bits per heavy atom. The van der Waals surface area contributed by atoms with Crippen molar-refractivity contribution < 1.29 is 4.74 Å². The summed E-state index contributed by atoms with van der Waals surface area (Å²) in [6.45, 7) is 2.67. The molecule has 0 fully saturated rings. The molecule has 0 aliphatic rings. The quantitative estimate of drug-likeness (QED) is 0.670. The fourth-order valence-corrected chi connectivity index (χ4v) is 2.47. The molecule has 2 rings (SSSR count). The van der Waals surface area contributed by atoms with Crippen molar-refractivity contribution in [2.24, 2.45) is 0 Å². The zero-order valence-electron chi connectivity index (χ0n) is 10.1. The molecule has 0 aliphatic heterocycles. The Morgan fingerprint density at radius 1 is 1.06 bits per heavy atom. The van der Waals surface area contributed by atoms with Crippen molar-refractivity contribution in [3.05, 3.63) is 63.6 Å². The molecule has 18 heavy (non-hydrogen) atoms. The van der Waals surface area contributed by atoms with E-state index in [0.29, 0.717) is 6.61 Å². The summed E-state index contributed by atoms with van der Waals surface area (Å²) < 4.78 is 7.03. The summed E-state index contributed by atoms with van der Waals surface area (Å²) in [6, 6.07) is 14.4. The van der Waals surface area contributed by atoms with Crippen LogP contribution in [0, 0.1) is 6.92 Å². The van der Waals surface area contributed by atoms with Gasteiger partial charge in [0.1, 0.15) is 12.4 Å². The summed E-state index contributed by atoms with van der Waals surface area (Å²) >= 11 is 6.92. The fourth-order valence-electron chi connectivity index (χ4n) is 1.76. The van der Waals surface area contributed by atoms with Gasteiger partial charge in [0.15, 0.2) is 0 Å². The van der Waals surface area contributed by atoms with Gasteiger partial charge < -0.3 is 4.74 Å². The molecule has 3 heteroatoms. The van der Waals surface area contributed by atoms with E-state index in [9.17, 15) is 0 Å². The molecule has 0 saturated heterocycles. The molecule has 0 bridgehead atoms. The average molecular weight is 370 g/mol. The highest BCUT2D eigenvalue weighted by Gasteiger charge is 2.06. The molecule has 94 valence electrons. The van der Waals surface area contributed by atoms with Crippen molar-refractivity contribution in [3.63, 3.8) is 0 Å². The molecule has 2 aromatic rings. The van der Waals surface area contributed by atoms with Gasteiger partial charge in [-0.2, -0.15) is 0 Å². The summed E-state index contributed by atoms with van der Waals surface area (Å²) in [6.07, 6.45) is 0. The van der Waals surface area contributed by atoms with Crippen LogP contribution in [0.4, 0.5) is 0 Å². The molecule has 0 saturated carbocycles. The molecule has 2 aromatic carbocycles. The first-order chi connectivity index (χ1) is 8.70. The number of alkyl halides is 1. The smallest absolute Gasteiger partial charge is 0.126 e. The van der Waals surface area contributed by atoms with Crippen molar-refractivity contribution in [2.45, 2.75) is 18.9 Å². The summed E-state index contributed by atoms with van der Waals surface area (Å²) in [5, 5.41) is 0.810. The van der Waals surface area contributed by atoms with E-state index in [0.717, 1.165) is 15.6 Å². The summed E-state index contributed by atoms with van der Waals surface area (Å²) in [7, 11) is 0. The first-order valence-electron chi connectivity index (χ1n) is 5.72. The number of halogens is 2. The van der Waals surface area contributed by atoms with Crippen molar-refractivity contribution >= 4 is 31.9 Å². The van der Waals surface area contributed by atoms with Crippen molar-refractivity contribution in [3.8, 4) is 5.75 Å². The van der Waals surface area contributed by atoms with E-state index in [-0.39, 0.29) is 0 Å². The highest BCUT2D eigenvalue weighted by Crippen LogP contribution is 2.26. The number of benzene rings is 2. The van der Waals surface area contributed by atoms with Crippen LogP contribution in [-0.4, -0.2) is 0 Å². The van der Waals surface area contributed by atoms with Crippen LogP contribution in [-0.2, 0) is 11.9 Å². The Labute approximate surface area is 124 Å². The molecule has 0 aliphatic carbocycles. The zero-order valence-corrected chi connectivity index (χ0v) is 13.3. The highest BCUT2D eigenvalue weighted by molar-refractivity contribution is 9.10. The van der Waals surface area contributed by atoms with E-state index in [1.807, 2.05) is 12.1 Å². The maximum atomic E-state index is 5.94. The summed E-state index contributed by atoms with van der Waals surface area (Å²) in [4.78, 5) is 0. The molecule has 0 unspecified atom stereocenters. The van der Waals surface area contributed by atoms with Crippen LogP contribution in [0.5, 0.6) is 5.75 Å². The van der Waals surface area contributed by atoms with Crippen molar-refractivity contribution in [2.75, 3.05) is 0 Å². The van der Waals surface area contributed by atoms with Crippen molar-refractivity contribution in [1.82, 2.24) is 0 Å². The highest BCUT2D eigenvalue weighted by atomic mass is 79.9. The lowest BCUT2D eigenvalue weighted by molar-refractivity contribution is 0.302. The van der Waals surface area contributed by atoms with Gasteiger partial charge in [-0.1, -0.05) is 62.2 Å². The number of rotatable bonds is 4. The van der Waals surface area contributed by atoms with Crippen LogP contribution in [0.3, 0.4) is 0 Å². The third-order valence-corrected chi connectivity index (χ3v) is 3.87. The minimum atomic E-state index is 0.595. The Hall–Kier alpha value is -0.800. The normalized spacial score (nSPS) is 10.4. The van der Waals surface area contributed by atoms with Crippen LogP contribution in [0.25, 0.3) is 0 Å². The van der Waals surface area contributed by atoms with Gasteiger partial charge in [-0.25, -0.2) is 0 Å². The standard InChI is InChI=1S/C15H14Br2O/c1-11-3-2-4-13(9-16)15(11)18-10-12-5-7-14(17)8-6-12/h2-8H,9-10H2,1H3. The molecular formula is C15H14Br2O. The first-order valence-corrected chi connectivity index (χ1v) is 7.64. The van der Waals surface area contributed by atoms with Crippen LogP contribution < -0.4 is 4.74 Å². The van der Waals surface area contributed by atoms with E-state index in [1.165, 1.54) is 16.7 Å². The molecule has 0 heterocycles. The monoisotopic (exact) mass is 368 g/mol. The van der Waals surface area contributed by atoms with Gasteiger partial charge in [0.2, 0.25) is 0 Å². The van der Waals surface area contributed by atoms with Gasteiger partial charge in [0, 0.05) is 15.4 Å². The average Bonchev–Trinajstić information content (AvgIpc) is 2.39. The molecule has 0 atom stereocenters. The van der Waals surface area contributed by atoms with Gasteiger partial charge in [0.25, 0.3) is 0 Å². The van der Waals surface area contributed by atoms with Gasteiger partial charge in [-0.05, 0) is 30.2 Å².